The van der Waals surface area contributed by atoms with Crippen LogP contribution in [0.15, 0.2) is 59.8 Å². The third-order valence-electron chi connectivity index (χ3n) is 2.23. The lowest BCUT2D eigenvalue weighted by Gasteiger charge is -2.07. The van der Waals surface area contributed by atoms with Gasteiger partial charge in [0.05, 0.1) is 0 Å². The summed E-state index contributed by atoms with van der Waals surface area (Å²) in [7, 11) is 0. The molecule has 2 rings (SSSR count). The molecule has 2 aromatic rings. The van der Waals surface area contributed by atoms with Gasteiger partial charge in [-0.3, -0.25) is 4.98 Å². The molecule has 74 valence electrons. The Labute approximate surface area is 97.6 Å². The molecule has 0 fully saturated rings. The summed E-state index contributed by atoms with van der Waals surface area (Å²) >= 11 is 3.52. The minimum Gasteiger partial charge on any atom is -0.265 e. The van der Waals surface area contributed by atoms with Crippen molar-refractivity contribution in [1.29, 1.82) is 0 Å². The summed E-state index contributed by atoms with van der Waals surface area (Å²) < 4.78 is 1.06. The number of aromatic nitrogens is 1. The van der Waals surface area contributed by atoms with E-state index in [1.807, 2.05) is 36.4 Å². The fourth-order valence-electron chi connectivity index (χ4n) is 1.41. The summed E-state index contributed by atoms with van der Waals surface area (Å²) in [6.07, 6.45) is 3.55. The number of hydrogen-bond acceptors (Lipinski definition) is 1. The van der Waals surface area contributed by atoms with Crippen LogP contribution >= 0.6 is 15.9 Å². The van der Waals surface area contributed by atoms with Crippen LogP contribution in [0.2, 0.25) is 0 Å². The first kappa shape index (κ1) is 10.1. The summed E-state index contributed by atoms with van der Waals surface area (Å²) in [6, 6.07) is 12.0. The van der Waals surface area contributed by atoms with Crippen LogP contribution in [-0.2, 0) is 0 Å². The number of halogens is 1. The Balaban J connectivity index is 2.42. The van der Waals surface area contributed by atoms with E-state index in [9.17, 15) is 0 Å². The lowest BCUT2D eigenvalue weighted by Crippen LogP contribution is -1.87. The summed E-state index contributed by atoms with van der Waals surface area (Å²) in [4.78, 5) is 3.99. The second-order valence-corrected chi connectivity index (χ2v) is 4.05. The van der Waals surface area contributed by atoms with Crippen LogP contribution in [-0.4, -0.2) is 4.98 Å². The van der Waals surface area contributed by atoms with Gasteiger partial charge in [-0.05, 0) is 34.9 Å². The van der Waals surface area contributed by atoms with Gasteiger partial charge in [0, 0.05) is 16.9 Å². The van der Waals surface area contributed by atoms with Crippen LogP contribution in [0.5, 0.6) is 0 Å². The summed E-state index contributed by atoms with van der Waals surface area (Å²) in [5.74, 6) is 0. The van der Waals surface area contributed by atoms with Crippen molar-refractivity contribution in [3.05, 3.63) is 71.0 Å². The molecule has 1 aromatic carbocycles. The molecule has 1 aromatic heterocycles. The maximum absolute atomic E-state index is 4.10. The second-order valence-electron chi connectivity index (χ2n) is 3.19. The lowest BCUT2D eigenvalue weighted by molar-refractivity contribution is 1.31. The minimum atomic E-state index is 1.00. The van der Waals surface area contributed by atoms with E-state index < -0.39 is 0 Å². The molecule has 1 nitrogen and oxygen atoms in total. The molecule has 0 saturated carbocycles. The van der Waals surface area contributed by atoms with Crippen molar-refractivity contribution in [1.82, 2.24) is 4.98 Å². The SMILES string of the molecule is C=C(c1ccncc1)c1ccccc1Br. The molecule has 1 heterocycles. The van der Waals surface area contributed by atoms with E-state index in [0.717, 1.165) is 21.2 Å². The molecule has 2 heteroatoms. The highest BCUT2D eigenvalue weighted by Gasteiger charge is 2.04. The first-order chi connectivity index (χ1) is 7.29. The Hall–Kier alpha value is -1.41. The van der Waals surface area contributed by atoms with Crippen LogP contribution in [0.3, 0.4) is 0 Å². The normalized spacial score (nSPS) is 9.93. The van der Waals surface area contributed by atoms with Gasteiger partial charge in [-0.2, -0.15) is 0 Å². The largest absolute Gasteiger partial charge is 0.265 e. The van der Waals surface area contributed by atoms with E-state index in [1.54, 1.807) is 12.4 Å². The van der Waals surface area contributed by atoms with E-state index in [0.29, 0.717) is 0 Å². The molecule has 0 spiro atoms. The molecule has 0 saturated heterocycles. The number of rotatable bonds is 2. The van der Waals surface area contributed by atoms with Gasteiger partial charge in [0.25, 0.3) is 0 Å². The van der Waals surface area contributed by atoms with Crippen LogP contribution in [0, 0.1) is 0 Å². The maximum atomic E-state index is 4.10. The van der Waals surface area contributed by atoms with Gasteiger partial charge in [-0.15, -0.1) is 0 Å². The van der Waals surface area contributed by atoms with Crippen LogP contribution in [0.25, 0.3) is 5.57 Å². The molecule has 15 heavy (non-hydrogen) atoms. The topological polar surface area (TPSA) is 12.9 Å². The molecule has 0 atom stereocenters. The van der Waals surface area contributed by atoms with Crippen molar-refractivity contribution in [2.45, 2.75) is 0 Å². The summed E-state index contributed by atoms with van der Waals surface area (Å²) in [6.45, 7) is 4.10. The van der Waals surface area contributed by atoms with Gasteiger partial charge in [-0.25, -0.2) is 0 Å². The molecule has 0 unspecified atom stereocenters. The molecule has 0 radical (unpaired) electrons. The van der Waals surface area contributed by atoms with Gasteiger partial charge < -0.3 is 0 Å². The van der Waals surface area contributed by atoms with E-state index in [2.05, 4.69) is 27.5 Å². The lowest BCUT2D eigenvalue weighted by atomic mass is 10.0. The predicted molar refractivity (Wildman–Crippen MR) is 66.5 cm³/mol. The first-order valence-electron chi connectivity index (χ1n) is 4.63. The van der Waals surface area contributed by atoms with E-state index in [-0.39, 0.29) is 0 Å². The molecule has 0 bridgehead atoms. The van der Waals surface area contributed by atoms with Crippen molar-refractivity contribution < 1.29 is 0 Å². The van der Waals surface area contributed by atoms with Gasteiger partial charge in [0.2, 0.25) is 0 Å². The van der Waals surface area contributed by atoms with Crippen molar-refractivity contribution in [2.24, 2.45) is 0 Å². The minimum absolute atomic E-state index is 1.00. The Bertz CT molecular complexity index is 477. The zero-order chi connectivity index (χ0) is 10.7. The van der Waals surface area contributed by atoms with Gasteiger partial charge >= 0.3 is 0 Å². The smallest absolute Gasteiger partial charge is 0.0273 e. The number of pyridine rings is 1. The summed E-state index contributed by atoms with van der Waals surface area (Å²) in [5, 5.41) is 0. The molecule has 0 aliphatic rings. The van der Waals surface area contributed by atoms with Crippen molar-refractivity contribution in [2.75, 3.05) is 0 Å². The zero-order valence-electron chi connectivity index (χ0n) is 8.15. The third kappa shape index (κ3) is 2.16. The van der Waals surface area contributed by atoms with Gasteiger partial charge in [0.15, 0.2) is 0 Å². The van der Waals surface area contributed by atoms with Crippen LogP contribution in [0.1, 0.15) is 11.1 Å². The van der Waals surface area contributed by atoms with Crippen molar-refractivity contribution in [3.8, 4) is 0 Å². The maximum Gasteiger partial charge on any atom is 0.0273 e. The number of hydrogen-bond donors (Lipinski definition) is 0. The number of nitrogens with zero attached hydrogens (tertiary/aromatic N) is 1. The van der Waals surface area contributed by atoms with Crippen molar-refractivity contribution >= 4 is 21.5 Å². The van der Waals surface area contributed by atoms with E-state index >= 15 is 0 Å². The van der Waals surface area contributed by atoms with Crippen LogP contribution < -0.4 is 0 Å². The van der Waals surface area contributed by atoms with Gasteiger partial charge in [-0.1, -0.05) is 40.7 Å². The average Bonchev–Trinajstić information content (AvgIpc) is 2.30. The third-order valence-corrected chi connectivity index (χ3v) is 2.92. The molecule has 0 aliphatic heterocycles. The highest BCUT2D eigenvalue weighted by molar-refractivity contribution is 9.10. The van der Waals surface area contributed by atoms with Crippen molar-refractivity contribution in [3.63, 3.8) is 0 Å². The fraction of sp³-hybridized carbons (Fsp3) is 0. The Morgan fingerprint density at radius 1 is 1.07 bits per heavy atom. The summed E-state index contributed by atoms with van der Waals surface area (Å²) in [5.41, 5.74) is 3.21. The Morgan fingerprint density at radius 2 is 1.73 bits per heavy atom. The monoisotopic (exact) mass is 259 g/mol. The Kier molecular flexibility index (Phi) is 2.97. The highest BCUT2D eigenvalue weighted by atomic mass is 79.9. The standard InChI is InChI=1S/C13H10BrN/c1-10(11-6-8-15-9-7-11)12-4-2-3-5-13(12)14/h2-9H,1H2. The first-order valence-corrected chi connectivity index (χ1v) is 5.42. The molecule has 0 N–H and O–H groups in total. The van der Waals surface area contributed by atoms with E-state index in [4.69, 9.17) is 0 Å². The zero-order valence-corrected chi connectivity index (χ0v) is 9.74. The van der Waals surface area contributed by atoms with Gasteiger partial charge in [0.1, 0.15) is 0 Å². The molecule has 0 amide bonds. The highest BCUT2D eigenvalue weighted by Crippen LogP contribution is 2.27. The van der Waals surface area contributed by atoms with E-state index in [1.165, 1.54) is 0 Å². The molecular weight excluding hydrogens is 250 g/mol. The number of benzene rings is 1. The Morgan fingerprint density at radius 3 is 2.40 bits per heavy atom. The predicted octanol–water partition coefficient (Wildman–Crippen LogP) is 3.91. The molecule has 0 aliphatic carbocycles. The quantitative estimate of drug-likeness (QED) is 0.797. The fourth-order valence-corrected chi connectivity index (χ4v) is 1.94. The second kappa shape index (κ2) is 4.41. The van der Waals surface area contributed by atoms with Crippen LogP contribution in [0.4, 0.5) is 0 Å². The molecular formula is C13H10BrN. The average molecular weight is 260 g/mol.